The van der Waals surface area contributed by atoms with Crippen molar-refractivity contribution in [1.29, 1.82) is 0 Å². The fraction of sp³-hybridized carbons (Fsp3) is 0.682. The van der Waals surface area contributed by atoms with E-state index >= 15 is 0 Å². The molecule has 1 unspecified atom stereocenters. The van der Waals surface area contributed by atoms with Crippen molar-refractivity contribution in [2.75, 3.05) is 46.4 Å². The smallest absolute Gasteiger partial charge is 0.254 e. The van der Waals surface area contributed by atoms with E-state index in [9.17, 15) is 4.79 Å². The predicted octanol–water partition coefficient (Wildman–Crippen LogP) is 2.95. The van der Waals surface area contributed by atoms with Crippen LogP contribution >= 0.6 is 0 Å². The molecule has 0 radical (unpaired) electrons. The number of carbonyl (C=O) groups is 1. The number of hydrogen-bond donors (Lipinski definition) is 0. The van der Waals surface area contributed by atoms with Crippen LogP contribution in [0.15, 0.2) is 18.2 Å². The fourth-order valence-electron chi connectivity index (χ4n) is 4.48. The Bertz CT molecular complexity index is 661. The van der Waals surface area contributed by atoms with Gasteiger partial charge in [0, 0.05) is 44.9 Å². The van der Waals surface area contributed by atoms with Crippen LogP contribution in [0.3, 0.4) is 0 Å². The topological polar surface area (TPSA) is 51.2 Å². The van der Waals surface area contributed by atoms with Gasteiger partial charge in [0.1, 0.15) is 0 Å². The van der Waals surface area contributed by atoms with Crippen molar-refractivity contribution in [2.45, 2.75) is 50.7 Å². The van der Waals surface area contributed by atoms with E-state index in [1.165, 1.54) is 19.3 Å². The molecule has 6 heteroatoms. The van der Waals surface area contributed by atoms with Crippen molar-refractivity contribution in [1.82, 2.24) is 9.80 Å². The van der Waals surface area contributed by atoms with Gasteiger partial charge < -0.3 is 19.1 Å². The lowest BCUT2D eigenvalue weighted by molar-refractivity contribution is 0.0432. The first-order valence-electron chi connectivity index (χ1n) is 10.7. The number of piperazine rings is 1. The summed E-state index contributed by atoms with van der Waals surface area (Å²) in [4.78, 5) is 17.3. The summed E-state index contributed by atoms with van der Waals surface area (Å²) in [6.45, 7) is 5.22. The van der Waals surface area contributed by atoms with E-state index in [0.717, 1.165) is 64.3 Å². The molecule has 2 aliphatic heterocycles. The average Bonchev–Trinajstić information content (AvgIpc) is 3.43. The summed E-state index contributed by atoms with van der Waals surface area (Å²) in [6.07, 6.45) is 7.62. The SMILES string of the molecule is COc1cc(C(=O)N2CCN(CC3CCCO3)CC2)ccc1OC1CCCC1. The summed E-state index contributed by atoms with van der Waals surface area (Å²) in [5, 5.41) is 0. The molecule has 1 saturated carbocycles. The Labute approximate surface area is 167 Å². The number of benzene rings is 1. The van der Waals surface area contributed by atoms with Crippen LogP contribution in [-0.2, 0) is 4.74 Å². The molecule has 2 heterocycles. The molecule has 1 aromatic carbocycles. The van der Waals surface area contributed by atoms with Crippen molar-refractivity contribution in [3.8, 4) is 11.5 Å². The maximum atomic E-state index is 13.0. The van der Waals surface area contributed by atoms with Gasteiger partial charge >= 0.3 is 0 Å². The molecular weight excluding hydrogens is 356 g/mol. The van der Waals surface area contributed by atoms with Crippen molar-refractivity contribution in [3.63, 3.8) is 0 Å². The van der Waals surface area contributed by atoms with E-state index in [0.29, 0.717) is 17.4 Å². The van der Waals surface area contributed by atoms with E-state index in [1.54, 1.807) is 7.11 Å². The molecule has 4 rings (SSSR count). The molecule has 1 atom stereocenters. The lowest BCUT2D eigenvalue weighted by Crippen LogP contribution is -2.50. The highest BCUT2D eigenvalue weighted by atomic mass is 16.5. The summed E-state index contributed by atoms with van der Waals surface area (Å²) in [7, 11) is 1.63. The zero-order valence-corrected chi connectivity index (χ0v) is 16.9. The Kier molecular flexibility index (Phi) is 6.37. The van der Waals surface area contributed by atoms with Gasteiger partial charge in [0.05, 0.1) is 19.3 Å². The molecule has 1 amide bonds. The van der Waals surface area contributed by atoms with E-state index in [1.807, 2.05) is 23.1 Å². The summed E-state index contributed by atoms with van der Waals surface area (Å²) in [5.41, 5.74) is 0.670. The van der Waals surface area contributed by atoms with Gasteiger partial charge in [-0.05, 0) is 56.7 Å². The molecule has 0 N–H and O–H groups in total. The van der Waals surface area contributed by atoms with Crippen LogP contribution in [-0.4, -0.2) is 74.4 Å². The zero-order chi connectivity index (χ0) is 19.3. The van der Waals surface area contributed by atoms with Crippen LogP contribution < -0.4 is 9.47 Å². The van der Waals surface area contributed by atoms with E-state index in [2.05, 4.69) is 4.90 Å². The van der Waals surface area contributed by atoms with Crippen LogP contribution in [0.5, 0.6) is 11.5 Å². The van der Waals surface area contributed by atoms with Crippen molar-refractivity contribution >= 4 is 5.91 Å². The first kappa shape index (κ1) is 19.5. The predicted molar refractivity (Wildman–Crippen MR) is 107 cm³/mol. The summed E-state index contributed by atoms with van der Waals surface area (Å²) in [5.74, 6) is 1.46. The number of methoxy groups -OCH3 is 1. The van der Waals surface area contributed by atoms with E-state index < -0.39 is 0 Å². The Morgan fingerprint density at radius 1 is 1.07 bits per heavy atom. The zero-order valence-electron chi connectivity index (χ0n) is 16.9. The summed E-state index contributed by atoms with van der Waals surface area (Å²) in [6, 6.07) is 5.58. The van der Waals surface area contributed by atoms with Crippen LogP contribution in [0.2, 0.25) is 0 Å². The molecule has 3 aliphatic rings. The van der Waals surface area contributed by atoms with Crippen LogP contribution in [0.25, 0.3) is 0 Å². The highest BCUT2D eigenvalue weighted by Crippen LogP contribution is 2.32. The molecule has 1 aromatic rings. The molecule has 0 spiro atoms. The second kappa shape index (κ2) is 9.14. The number of carbonyl (C=O) groups excluding carboxylic acids is 1. The molecule has 154 valence electrons. The normalized spacial score (nSPS) is 23.9. The van der Waals surface area contributed by atoms with Gasteiger partial charge in [-0.2, -0.15) is 0 Å². The molecular formula is C22H32N2O4. The monoisotopic (exact) mass is 388 g/mol. The fourth-order valence-corrected chi connectivity index (χ4v) is 4.48. The van der Waals surface area contributed by atoms with E-state index in [4.69, 9.17) is 14.2 Å². The Morgan fingerprint density at radius 2 is 1.86 bits per heavy atom. The molecule has 3 fully saturated rings. The third-order valence-corrected chi connectivity index (χ3v) is 6.15. The number of amides is 1. The van der Waals surface area contributed by atoms with Crippen molar-refractivity contribution < 1.29 is 19.0 Å². The molecule has 0 bridgehead atoms. The van der Waals surface area contributed by atoms with Crippen molar-refractivity contribution in [3.05, 3.63) is 23.8 Å². The minimum atomic E-state index is 0.0717. The number of rotatable bonds is 6. The molecule has 2 saturated heterocycles. The second-order valence-electron chi connectivity index (χ2n) is 8.12. The van der Waals surface area contributed by atoms with Gasteiger partial charge in [-0.3, -0.25) is 9.69 Å². The first-order chi connectivity index (χ1) is 13.7. The molecule has 0 aromatic heterocycles. The van der Waals surface area contributed by atoms with Crippen LogP contribution in [0.1, 0.15) is 48.9 Å². The van der Waals surface area contributed by atoms with Gasteiger partial charge in [0.25, 0.3) is 5.91 Å². The van der Waals surface area contributed by atoms with Crippen LogP contribution in [0, 0.1) is 0 Å². The third-order valence-electron chi connectivity index (χ3n) is 6.15. The summed E-state index contributed by atoms with van der Waals surface area (Å²) >= 11 is 0. The highest BCUT2D eigenvalue weighted by Gasteiger charge is 2.26. The van der Waals surface area contributed by atoms with E-state index in [-0.39, 0.29) is 12.0 Å². The summed E-state index contributed by atoms with van der Waals surface area (Å²) < 4.78 is 17.3. The van der Waals surface area contributed by atoms with Crippen LogP contribution in [0.4, 0.5) is 0 Å². The third kappa shape index (κ3) is 4.61. The maximum Gasteiger partial charge on any atom is 0.254 e. The second-order valence-corrected chi connectivity index (χ2v) is 8.12. The van der Waals surface area contributed by atoms with Gasteiger partial charge in [-0.1, -0.05) is 0 Å². The van der Waals surface area contributed by atoms with Gasteiger partial charge in [0.2, 0.25) is 0 Å². The van der Waals surface area contributed by atoms with Gasteiger partial charge in [-0.25, -0.2) is 0 Å². The van der Waals surface area contributed by atoms with Crippen molar-refractivity contribution in [2.24, 2.45) is 0 Å². The molecule has 6 nitrogen and oxygen atoms in total. The standard InChI is InChI=1S/C22H32N2O4/c1-26-21-15-17(8-9-20(21)28-18-5-2-3-6-18)22(25)24-12-10-23(11-13-24)16-19-7-4-14-27-19/h8-9,15,18-19H,2-7,10-14,16H2,1H3. The minimum absolute atomic E-state index is 0.0717. The Hall–Kier alpha value is -1.79. The average molecular weight is 389 g/mol. The highest BCUT2D eigenvalue weighted by molar-refractivity contribution is 5.95. The number of hydrogen-bond acceptors (Lipinski definition) is 5. The largest absolute Gasteiger partial charge is 0.493 e. The first-order valence-corrected chi connectivity index (χ1v) is 10.7. The maximum absolute atomic E-state index is 13.0. The Balaban J connectivity index is 1.33. The Morgan fingerprint density at radius 3 is 2.54 bits per heavy atom. The number of ether oxygens (including phenoxy) is 3. The quantitative estimate of drug-likeness (QED) is 0.750. The lowest BCUT2D eigenvalue weighted by atomic mass is 10.1. The molecule has 1 aliphatic carbocycles. The number of nitrogens with zero attached hydrogens (tertiary/aromatic N) is 2. The lowest BCUT2D eigenvalue weighted by Gasteiger charge is -2.35. The molecule has 28 heavy (non-hydrogen) atoms. The van der Waals surface area contributed by atoms with Gasteiger partial charge in [0.15, 0.2) is 11.5 Å². The minimum Gasteiger partial charge on any atom is -0.493 e. The van der Waals surface area contributed by atoms with Gasteiger partial charge in [-0.15, -0.1) is 0 Å².